The van der Waals surface area contributed by atoms with Gasteiger partial charge in [-0.25, -0.2) is 0 Å². The Kier molecular flexibility index (Phi) is 4.90. The molecule has 0 atom stereocenters. The maximum Gasteiger partial charge on any atom is 0.269 e. The van der Waals surface area contributed by atoms with E-state index in [-0.39, 0.29) is 10.6 Å². The van der Waals surface area contributed by atoms with Gasteiger partial charge in [0.15, 0.2) is 0 Å². The number of nitrogens with zero attached hydrogens (tertiary/aromatic N) is 2. The summed E-state index contributed by atoms with van der Waals surface area (Å²) in [5, 5.41) is 14.1. The molecule has 2 rings (SSSR count). The minimum atomic E-state index is -0.362. The maximum absolute atomic E-state index is 10.7. The van der Waals surface area contributed by atoms with E-state index in [1.165, 1.54) is 11.6 Å². The monoisotopic (exact) mass is 273 g/mol. The van der Waals surface area contributed by atoms with Gasteiger partial charge in [-0.1, -0.05) is 19.1 Å². The molecule has 0 saturated heterocycles. The Morgan fingerprint density at radius 3 is 2.90 bits per heavy atom. The smallest absolute Gasteiger partial charge is 0.269 e. The molecule has 0 aliphatic rings. The first-order chi connectivity index (χ1) is 9.69. The van der Waals surface area contributed by atoms with Crippen LogP contribution in [0.15, 0.2) is 42.7 Å². The quantitative estimate of drug-likeness (QED) is 0.479. The van der Waals surface area contributed by atoms with Crippen molar-refractivity contribution in [2.75, 3.05) is 6.54 Å². The molecular weight excluding hydrogens is 254 g/mol. The summed E-state index contributed by atoms with van der Waals surface area (Å²) in [6, 6.07) is 8.83. The molecule has 20 heavy (non-hydrogen) atoms. The van der Waals surface area contributed by atoms with E-state index in [1.807, 2.05) is 16.8 Å². The number of rotatable bonds is 7. The van der Waals surface area contributed by atoms with Gasteiger partial charge in [-0.05, 0) is 30.2 Å². The fourth-order valence-electron chi connectivity index (χ4n) is 2.08. The zero-order chi connectivity index (χ0) is 14.4. The summed E-state index contributed by atoms with van der Waals surface area (Å²) in [7, 11) is 0. The zero-order valence-electron chi connectivity index (χ0n) is 11.6. The van der Waals surface area contributed by atoms with E-state index in [1.54, 1.807) is 12.1 Å². The van der Waals surface area contributed by atoms with Crippen molar-refractivity contribution in [3.8, 4) is 0 Å². The predicted octanol–water partition coefficient (Wildman–Crippen LogP) is 2.94. The molecular formula is C15H19N3O2. The van der Waals surface area contributed by atoms with Gasteiger partial charge in [-0.3, -0.25) is 10.1 Å². The second-order valence-electron chi connectivity index (χ2n) is 4.80. The second kappa shape index (κ2) is 6.86. The number of hydrogen-bond acceptors (Lipinski definition) is 3. The molecule has 1 aromatic heterocycles. The molecule has 1 heterocycles. The van der Waals surface area contributed by atoms with Crippen molar-refractivity contribution >= 4 is 5.69 Å². The van der Waals surface area contributed by atoms with Crippen LogP contribution in [0.4, 0.5) is 5.69 Å². The summed E-state index contributed by atoms with van der Waals surface area (Å²) in [6.45, 7) is 4.65. The van der Waals surface area contributed by atoms with E-state index >= 15 is 0 Å². The van der Waals surface area contributed by atoms with Gasteiger partial charge in [-0.2, -0.15) is 0 Å². The first-order valence-corrected chi connectivity index (χ1v) is 6.77. The molecule has 5 heteroatoms. The summed E-state index contributed by atoms with van der Waals surface area (Å²) in [5.74, 6) is 0. The van der Waals surface area contributed by atoms with E-state index in [9.17, 15) is 10.1 Å². The molecule has 0 unspecified atom stereocenters. The van der Waals surface area contributed by atoms with Crippen LogP contribution in [-0.2, 0) is 13.1 Å². The van der Waals surface area contributed by atoms with Gasteiger partial charge in [0.1, 0.15) is 0 Å². The van der Waals surface area contributed by atoms with E-state index in [0.29, 0.717) is 6.54 Å². The number of hydrogen-bond donors (Lipinski definition) is 1. The molecule has 0 bridgehead atoms. The minimum absolute atomic E-state index is 0.138. The van der Waals surface area contributed by atoms with E-state index < -0.39 is 0 Å². The molecule has 0 radical (unpaired) electrons. The Morgan fingerprint density at radius 2 is 2.15 bits per heavy atom. The normalized spacial score (nSPS) is 10.7. The van der Waals surface area contributed by atoms with E-state index in [0.717, 1.165) is 25.1 Å². The lowest BCUT2D eigenvalue weighted by atomic mass is 10.2. The van der Waals surface area contributed by atoms with Crippen molar-refractivity contribution in [3.05, 3.63) is 64.0 Å². The van der Waals surface area contributed by atoms with Crippen molar-refractivity contribution in [1.82, 2.24) is 9.88 Å². The van der Waals surface area contributed by atoms with Gasteiger partial charge in [-0.15, -0.1) is 0 Å². The zero-order valence-corrected chi connectivity index (χ0v) is 11.6. The second-order valence-corrected chi connectivity index (χ2v) is 4.80. The number of non-ortho nitro benzene ring substituents is 1. The molecule has 2 aromatic rings. The third-order valence-electron chi connectivity index (χ3n) is 3.05. The van der Waals surface area contributed by atoms with Crippen LogP contribution >= 0.6 is 0 Å². The van der Waals surface area contributed by atoms with Crippen LogP contribution in [0.25, 0.3) is 0 Å². The average molecular weight is 273 g/mol. The number of nitrogens with one attached hydrogen (secondary N) is 1. The number of nitro benzene ring substituents is 1. The molecule has 0 aliphatic heterocycles. The lowest BCUT2D eigenvalue weighted by molar-refractivity contribution is -0.384. The van der Waals surface area contributed by atoms with Crippen LogP contribution in [0.1, 0.15) is 24.5 Å². The third-order valence-corrected chi connectivity index (χ3v) is 3.05. The van der Waals surface area contributed by atoms with Gasteiger partial charge in [0.05, 0.1) is 4.92 Å². The lowest BCUT2D eigenvalue weighted by Crippen LogP contribution is -2.13. The molecule has 1 N–H and O–H groups in total. The number of benzene rings is 1. The SMILES string of the molecule is CCCNCc1ccn(Cc2cccc([N+](=O)[O-])c2)c1. The van der Waals surface area contributed by atoms with Crippen LogP contribution in [0.5, 0.6) is 0 Å². The summed E-state index contributed by atoms with van der Waals surface area (Å²) >= 11 is 0. The first kappa shape index (κ1) is 14.3. The van der Waals surface area contributed by atoms with Gasteiger partial charge < -0.3 is 9.88 Å². The Morgan fingerprint density at radius 1 is 1.30 bits per heavy atom. The largest absolute Gasteiger partial charge is 0.350 e. The molecule has 106 valence electrons. The van der Waals surface area contributed by atoms with Gasteiger partial charge in [0.2, 0.25) is 0 Å². The Labute approximate surface area is 118 Å². The highest BCUT2D eigenvalue weighted by atomic mass is 16.6. The van der Waals surface area contributed by atoms with Crippen molar-refractivity contribution in [2.45, 2.75) is 26.4 Å². The Bertz CT molecular complexity index is 578. The summed E-state index contributed by atoms with van der Waals surface area (Å²) < 4.78 is 2.04. The molecule has 0 saturated carbocycles. The maximum atomic E-state index is 10.7. The topological polar surface area (TPSA) is 60.1 Å². The minimum Gasteiger partial charge on any atom is -0.350 e. The van der Waals surface area contributed by atoms with E-state index in [4.69, 9.17) is 0 Å². The summed E-state index contributed by atoms with van der Waals surface area (Å²) in [5.41, 5.74) is 2.30. The summed E-state index contributed by atoms with van der Waals surface area (Å²) in [4.78, 5) is 10.4. The fraction of sp³-hybridized carbons (Fsp3) is 0.333. The first-order valence-electron chi connectivity index (χ1n) is 6.77. The van der Waals surface area contributed by atoms with Crippen molar-refractivity contribution in [2.24, 2.45) is 0 Å². The summed E-state index contributed by atoms with van der Waals surface area (Å²) in [6.07, 6.45) is 5.19. The lowest BCUT2D eigenvalue weighted by Gasteiger charge is -2.03. The van der Waals surface area contributed by atoms with E-state index in [2.05, 4.69) is 24.5 Å². The van der Waals surface area contributed by atoms with Crippen molar-refractivity contribution in [1.29, 1.82) is 0 Å². The van der Waals surface area contributed by atoms with Crippen molar-refractivity contribution in [3.63, 3.8) is 0 Å². The average Bonchev–Trinajstić information content (AvgIpc) is 2.87. The van der Waals surface area contributed by atoms with Crippen LogP contribution in [0.3, 0.4) is 0 Å². The third kappa shape index (κ3) is 3.93. The molecule has 1 aromatic carbocycles. The predicted molar refractivity (Wildman–Crippen MR) is 78.6 cm³/mol. The van der Waals surface area contributed by atoms with Gasteiger partial charge >= 0.3 is 0 Å². The Hall–Kier alpha value is -2.14. The highest BCUT2D eigenvalue weighted by molar-refractivity contribution is 5.34. The molecule has 0 amide bonds. The Balaban J connectivity index is 1.99. The van der Waals surface area contributed by atoms with Crippen LogP contribution in [0.2, 0.25) is 0 Å². The highest BCUT2D eigenvalue weighted by Crippen LogP contribution is 2.14. The highest BCUT2D eigenvalue weighted by Gasteiger charge is 2.06. The van der Waals surface area contributed by atoms with Gasteiger partial charge in [0, 0.05) is 37.6 Å². The standard InChI is InChI=1S/C15H19N3O2/c1-2-7-16-10-14-6-8-17(12-14)11-13-4-3-5-15(9-13)18(19)20/h3-6,8-9,12,16H,2,7,10-11H2,1H3. The molecule has 5 nitrogen and oxygen atoms in total. The number of nitro groups is 1. The van der Waals surface area contributed by atoms with Gasteiger partial charge in [0.25, 0.3) is 5.69 Å². The molecule has 0 spiro atoms. The molecule has 0 aliphatic carbocycles. The molecule has 0 fully saturated rings. The van der Waals surface area contributed by atoms with Crippen LogP contribution < -0.4 is 5.32 Å². The van der Waals surface area contributed by atoms with Crippen LogP contribution in [-0.4, -0.2) is 16.0 Å². The fourth-order valence-corrected chi connectivity index (χ4v) is 2.08. The van der Waals surface area contributed by atoms with Crippen LogP contribution in [0, 0.1) is 10.1 Å². The van der Waals surface area contributed by atoms with Crippen molar-refractivity contribution < 1.29 is 4.92 Å². The number of aromatic nitrogens is 1.